The van der Waals surface area contributed by atoms with Gasteiger partial charge in [-0.05, 0) is 18.2 Å². The number of ether oxygens (including phenoxy) is 2. The second-order valence-corrected chi connectivity index (χ2v) is 6.32. The van der Waals surface area contributed by atoms with Gasteiger partial charge < -0.3 is 14.8 Å². The maximum absolute atomic E-state index is 12.2. The zero-order valence-electron chi connectivity index (χ0n) is 13.5. The first-order chi connectivity index (χ1) is 11.7. The lowest BCUT2D eigenvalue weighted by atomic mass is 10.1. The van der Waals surface area contributed by atoms with Crippen molar-refractivity contribution >= 4 is 27.5 Å². The maximum atomic E-state index is 12.2. The van der Waals surface area contributed by atoms with E-state index < -0.39 is 0 Å². The van der Waals surface area contributed by atoms with Crippen LogP contribution < -0.4 is 14.8 Å². The van der Waals surface area contributed by atoms with Crippen LogP contribution in [0.15, 0.2) is 42.5 Å². The second kappa shape index (κ2) is 7.31. The summed E-state index contributed by atoms with van der Waals surface area (Å²) in [5, 5.41) is 3.81. The predicted octanol–water partition coefficient (Wildman–Crippen LogP) is 3.17. The molecule has 24 heavy (non-hydrogen) atoms. The molecule has 1 amide bonds. The molecule has 0 unspecified atom stereocenters. The molecule has 0 aliphatic carbocycles. The highest BCUT2D eigenvalue weighted by atomic mass is 32.1. The number of para-hydroxylation sites is 1. The fourth-order valence-electron chi connectivity index (χ4n) is 2.40. The minimum absolute atomic E-state index is 0.0716. The Hall–Kier alpha value is -2.60. The Balaban J connectivity index is 1.63. The number of methoxy groups -OCH3 is 2. The molecule has 0 saturated carbocycles. The van der Waals surface area contributed by atoms with Crippen molar-refractivity contribution < 1.29 is 14.3 Å². The molecule has 1 aromatic heterocycles. The number of thiazole rings is 1. The Kier molecular flexibility index (Phi) is 4.96. The summed E-state index contributed by atoms with van der Waals surface area (Å²) >= 11 is 1.59. The van der Waals surface area contributed by atoms with Crippen LogP contribution in [0.5, 0.6) is 11.5 Å². The molecule has 2 aromatic carbocycles. The van der Waals surface area contributed by atoms with Gasteiger partial charge in [-0.2, -0.15) is 0 Å². The van der Waals surface area contributed by atoms with Crippen LogP contribution >= 0.6 is 11.3 Å². The minimum Gasteiger partial charge on any atom is -0.497 e. The Morgan fingerprint density at radius 2 is 2.00 bits per heavy atom. The summed E-state index contributed by atoms with van der Waals surface area (Å²) in [6, 6.07) is 13.4. The van der Waals surface area contributed by atoms with Crippen molar-refractivity contribution in [2.24, 2.45) is 0 Å². The first-order valence-corrected chi connectivity index (χ1v) is 8.33. The predicted molar refractivity (Wildman–Crippen MR) is 94.7 cm³/mol. The molecule has 0 aliphatic heterocycles. The lowest BCUT2D eigenvalue weighted by Crippen LogP contribution is -2.24. The summed E-state index contributed by atoms with van der Waals surface area (Å²) < 4.78 is 11.6. The number of nitrogens with zero attached hydrogens (tertiary/aromatic N) is 1. The number of rotatable bonds is 6. The topological polar surface area (TPSA) is 60.5 Å². The summed E-state index contributed by atoms with van der Waals surface area (Å²) in [5.41, 5.74) is 1.78. The first kappa shape index (κ1) is 16.3. The molecule has 3 rings (SSSR count). The second-order valence-electron chi connectivity index (χ2n) is 5.21. The van der Waals surface area contributed by atoms with Gasteiger partial charge in [0.05, 0.1) is 37.4 Å². The molecule has 0 atom stereocenters. The molecule has 1 N–H and O–H groups in total. The molecule has 5 nitrogen and oxygen atoms in total. The van der Waals surface area contributed by atoms with Gasteiger partial charge in [0.1, 0.15) is 16.5 Å². The summed E-state index contributed by atoms with van der Waals surface area (Å²) in [5.74, 6) is 1.27. The number of carbonyl (C=O) groups is 1. The van der Waals surface area contributed by atoms with E-state index in [9.17, 15) is 4.79 Å². The van der Waals surface area contributed by atoms with Crippen LogP contribution in [0.2, 0.25) is 0 Å². The highest BCUT2D eigenvalue weighted by Gasteiger charge is 2.11. The Morgan fingerprint density at radius 1 is 1.17 bits per heavy atom. The van der Waals surface area contributed by atoms with Gasteiger partial charge in [-0.3, -0.25) is 4.79 Å². The van der Waals surface area contributed by atoms with Crippen molar-refractivity contribution in [1.29, 1.82) is 0 Å². The third-order valence-electron chi connectivity index (χ3n) is 3.62. The Bertz CT molecular complexity index is 827. The molecule has 0 spiro atoms. The summed E-state index contributed by atoms with van der Waals surface area (Å²) in [6.45, 7) is 0.427. The lowest BCUT2D eigenvalue weighted by Gasteiger charge is -2.10. The smallest absolute Gasteiger partial charge is 0.224 e. The molecule has 0 fully saturated rings. The van der Waals surface area contributed by atoms with Crippen molar-refractivity contribution in [3.8, 4) is 11.5 Å². The van der Waals surface area contributed by atoms with E-state index in [0.717, 1.165) is 20.8 Å². The van der Waals surface area contributed by atoms with Gasteiger partial charge in [0.15, 0.2) is 0 Å². The van der Waals surface area contributed by atoms with Crippen LogP contribution in [0.4, 0.5) is 0 Å². The number of aromatic nitrogens is 1. The molecule has 0 radical (unpaired) electrons. The number of benzene rings is 2. The zero-order chi connectivity index (χ0) is 16.9. The lowest BCUT2D eigenvalue weighted by molar-refractivity contribution is -0.120. The number of hydrogen-bond acceptors (Lipinski definition) is 5. The van der Waals surface area contributed by atoms with Crippen LogP contribution in [0.1, 0.15) is 10.6 Å². The normalized spacial score (nSPS) is 10.6. The molecule has 3 aromatic rings. The van der Waals surface area contributed by atoms with Crippen LogP contribution in [0.3, 0.4) is 0 Å². The molecular weight excluding hydrogens is 324 g/mol. The van der Waals surface area contributed by atoms with E-state index >= 15 is 0 Å². The van der Waals surface area contributed by atoms with E-state index in [-0.39, 0.29) is 12.3 Å². The van der Waals surface area contributed by atoms with Crippen molar-refractivity contribution in [3.63, 3.8) is 0 Å². The van der Waals surface area contributed by atoms with E-state index in [1.165, 1.54) is 0 Å². The van der Waals surface area contributed by atoms with Crippen LogP contribution in [0.25, 0.3) is 10.2 Å². The number of nitrogens with one attached hydrogen (secondary N) is 1. The molecule has 6 heteroatoms. The van der Waals surface area contributed by atoms with Gasteiger partial charge in [0, 0.05) is 11.6 Å². The quantitative estimate of drug-likeness (QED) is 0.747. The van der Waals surface area contributed by atoms with E-state index in [4.69, 9.17) is 9.47 Å². The molecule has 124 valence electrons. The van der Waals surface area contributed by atoms with Gasteiger partial charge >= 0.3 is 0 Å². The SMILES string of the molecule is COc1ccc(CC(=O)NCc2nc3ccccc3s2)c(OC)c1. The number of fused-ring (bicyclic) bond motifs is 1. The largest absolute Gasteiger partial charge is 0.497 e. The van der Waals surface area contributed by atoms with E-state index in [2.05, 4.69) is 10.3 Å². The Labute approximate surface area is 144 Å². The van der Waals surface area contributed by atoms with Gasteiger partial charge in [0.25, 0.3) is 0 Å². The van der Waals surface area contributed by atoms with Crippen molar-refractivity contribution in [2.75, 3.05) is 14.2 Å². The van der Waals surface area contributed by atoms with Gasteiger partial charge in [-0.25, -0.2) is 4.98 Å². The average molecular weight is 342 g/mol. The summed E-state index contributed by atoms with van der Waals surface area (Å²) in [7, 11) is 3.18. The molecule has 1 heterocycles. The van der Waals surface area contributed by atoms with Crippen molar-refractivity contribution in [1.82, 2.24) is 10.3 Å². The van der Waals surface area contributed by atoms with E-state index in [1.54, 1.807) is 31.6 Å². The van der Waals surface area contributed by atoms with Gasteiger partial charge in [0.2, 0.25) is 5.91 Å². The van der Waals surface area contributed by atoms with E-state index in [1.807, 2.05) is 36.4 Å². The van der Waals surface area contributed by atoms with Crippen molar-refractivity contribution in [2.45, 2.75) is 13.0 Å². The molecule has 0 saturated heterocycles. The number of hydrogen-bond donors (Lipinski definition) is 1. The van der Waals surface area contributed by atoms with Crippen LogP contribution in [0, 0.1) is 0 Å². The van der Waals surface area contributed by atoms with Crippen LogP contribution in [-0.4, -0.2) is 25.1 Å². The zero-order valence-corrected chi connectivity index (χ0v) is 14.4. The molecule has 0 bridgehead atoms. The van der Waals surface area contributed by atoms with Crippen LogP contribution in [-0.2, 0) is 17.8 Å². The number of carbonyl (C=O) groups excluding carboxylic acids is 1. The average Bonchev–Trinajstić information content (AvgIpc) is 3.03. The standard InChI is InChI=1S/C18H18N2O3S/c1-22-13-8-7-12(15(10-13)23-2)9-17(21)19-11-18-20-14-5-3-4-6-16(14)24-18/h3-8,10H,9,11H2,1-2H3,(H,19,21). The monoisotopic (exact) mass is 342 g/mol. The highest BCUT2D eigenvalue weighted by molar-refractivity contribution is 7.18. The van der Waals surface area contributed by atoms with Gasteiger partial charge in [-0.15, -0.1) is 11.3 Å². The molecular formula is C18H18N2O3S. The fraction of sp³-hybridized carbons (Fsp3) is 0.222. The summed E-state index contributed by atoms with van der Waals surface area (Å²) in [4.78, 5) is 16.7. The summed E-state index contributed by atoms with van der Waals surface area (Å²) in [6.07, 6.45) is 0.248. The van der Waals surface area contributed by atoms with Crippen molar-refractivity contribution in [3.05, 3.63) is 53.0 Å². The number of amides is 1. The maximum Gasteiger partial charge on any atom is 0.224 e. The molecule has 0 aliphatic rings. The first-order valence-electron chi connectivity index (χ1n) is 7.51. The van der Waals surface area contributed by atoms with Gasteiger partial charge in [-0.1, -0.05) is 18.2 Å². The Morgan fingerprint density at radius 3 is 2.75 bits per heavy atom. The fourth-order valence-corrected chi connectivity index (χ4v) is 3.31. The third kappa shape index (κ3) is 3.65. The minimum atomic E-state index is -0.0716. The third-order valence-corrected chi connectivity index (χ3v) is 4.66. The van der Waals surface area contributed by atoms with E-state index in [0.29, 0.717) is 18.0 Å². The highest BCUT2D eigenvalue weighted by Crippen LogP contribution is 2.25.